The number of unbranched alkanes of at least 4 members (excludes halogenated alkanes) is 2. The number of halogens is 1. The molecule has 2 aromatic rings. The van der Waals surface area contributed by atoms with E-state index >= 15 is 0 Å². The number of nitrogens with zero attached hydrogens (tertiary/aromatic N) is 1. The Morgan fingerprint density at radius 3 is 2.77 bits per heavy atom. The summed E-state index contributed by atoms with van der Waals surface area (Å²) in [6, 6.07) is 11.0. The van der Waals surface area contributed by atoms with Crippen LogP contribution in [0.5, 0.6) is 0 Å². The second-order valence-corrected chi connectivity index (χ2v) is 5.46. The van der Waals surface area contributed by atoms with Gasteiger partial charge < -0.3 is 10.6 Å². The summed E-state index contributed by atoms with van der Waals surface area (Å²) < 4.78 is 0. The number of pyridine rings is 1. The maximum Gasteiger partial charge on any atom is 0.269 e. The van der Waals surface area contributed by atoms with Crippen LogP contribution < -0.4 is 10.6 Å². The minimum absolute atomic E-state index is 0.147. The molecule has 1 aromatic heterocycles. The highest BCUT2D eigenvalue weighted by Crippen LogP contribution is 2.20. The fourth-order valence-corrected chi connectivity index (χ4v) is 2.22. The number of hydrogen-bond acceptors (Lipinski definition) is 3. The third-order valence-electron chi connectivity index (χ3n) is 3.17. The van der Waals surface area contributed by atoms with E-state index in [-0.39, 0.29) is 5.91 Å². The third kappa shape index (κ3) is 5.04. The van der Waals surface area contributed by atoms with E-state index < -0.39 is 0 Å². The number of nitrogens with one attached hydrogen (secondary N) is 2. The highest BCUT2D eigenvalue weighted by Gasteiger charge is 2.07. The quantitative estimate of drug-likeness (QED) is 0.744. The van der Waals surface area contributed by atoms with Crippen molar-refractivity contribution in [3.8, 4) is 0 Å². The monoisotopic (exact) mass is 317 g/mol. The predicted molar refractivity (Wildman–Crippen MR) is 90.8 cm³/mol. The molecular formula is C17H20ClN3O. The van der Waals surface area contributed by atoms with Gasteiger partial charge in [-0.05, 0) is 36.8 Å². The SMILES string of the molecule is CCCCCNC(=O)c1cc(Nc2cccc(Cl)c2)ccn1. The van der Waals surface area contributed by atoms with Crippen molar-refractivity contribution >= 4 is 28.9 Å². The van der Waals surface area contributed by atoms with Gasteiger partial charge in [0.25, 0.3) is 5.91 Å². The first-order valence-electron chi connectivity index (χ1n) is 7.46. The molecule has 0 aliphatic heterocycles. The van der Waals surface area contributed by atoms with E-state index in [0.29, 0.717) is 17.3 Å². The van der Waals surface area contributed by atoms with Gasteiger partial charge in [-0.3, -0.25) is 9.78 Å². The summed E-state index contributed by atoms with van der Waals surface area (Å²) in [5.41, 5.74) is 2.08. The molecule has 116 valence electrons. The average molecular weight is 318 g/mol. The minimum atomic E-state index is -0.147. The third-order valence-corrected chi connectivity index (χ3v) is 3.41. The van der Waals surface area contributed by atoms with Crippen LogP contribution >= 0.6 is 11.6 Å². The molecule has 0 aliphatic rings. The minimum Gasteiger partial charge on any atom is -0.355 e. The van der Waals surface area contributed by atoms with Gasteiger partial charge >= 0.3 is 0 Å². The van der Waals surface area contributed by atoms with Crippen LogP contribution in [0.2, 0.25) is 5.02 Å². The number of amides is 1. The lowest BCUT2D eigenvalue weighted by molar-refractivity contribution is 0.0948. The van der Waals surface area contributed by atoms with E-state index in [4.69, 9.17) is 11.6 Å². The van der Waals surface area contributed by atoms with Gasteiger partial charge in [0, 0.05) is 29.1 Å². The summed E-state index contributed by atoms with van der Waals surface area (Å²) in [5.74, 6) is -0.147. The number of rotatable bonds is 7. The first-order valence-corrected chi connectivity index (χ1v) is 7.83. The van der Waals surface area contributed by atoms with Gasteiger partial charge in [-0.2, -0.15) is 0 Å². The van der Waals surface area contributed by atoms with Crippen LogP contribution in [0.25, 0.3) is 0 Å². The number of hydrogen-bond donors (Lipinski definition) is 2. The number of anilines is 2. The Labute approximate surface area is 135 Å². The van der Waals surface area contributed by atoms with Crippen LogP contribution in [0.4, 0.5) is 11.4 Å². The Morgan fingerprint density at radius 2 is 2.00 bits per heavy atom. The highest BCUT2D eigenvalue weighted by atomic mass is 35.5. The first-order chi connectivity index (χ1) is 10.7. The zero-order chi connectivity index (χ0) is 15.8. The van der Waals surface area contributed by atoms with Crippen molar-refractivity contribution in [2.24, 2.45) is 0 Å². The molecular weight excluding hydrogens is 298 g/mol. The molecule has 0 saturated heterocycles. The molecule has 0 spiro atoms. The van der Waals surface area contributed by atoms with Crippen molar-refractivity contribution < 1.29 is 4.79 Å². The smallest absolute Gasteiger partial charge is 0.269 e. The zero-order valence-corrected chi connectivity index (χ0v) is 13.4. The van der Waals surface area contributed by atoms with Crippen LogP contribution in [0, 0.1) is 0 Å². The molecule has 1 amide bonds. The van der Waals surface area contributed by atoms with E-state index in [1.807, 2.05) is 30.3 Å². The van der Waals surface area contributed by atoms with Crippen molar-refractivity contribution in [2.45, 2.75) is 26.2 Å². The van der Waals surface area contributed by atoms with Crippen molar-refractivity contribution in [1.82, 2.24) is 10.3 Å². The molecule has 2 N–H and O–H groups in total. The van der Waals surface area contributed by atoms with Crippen molar-refractivity contribution in [1.29, 1.82) is 0 Å². The van der Waals surface area contributed by atoms with Crippen LogP contribution in [-0.2, 0) is 0 Å². The summed E-state index contributed by atoms with van der Waals surface area (Å²) in [7, 11) is 0. The van der Waals surface area contributed by atoms with E-state index in [9.17, 15) is 4.79 Å². The van der Waals surface area contributed by atoms with Crippen LogP contribution in [0.1, 0.15) is 36.7 Å². The zero-order valence-electron chi connectivity index (χ0n) is 12.6. The molecule has 1 heterocycles. The lowest BCUT2D eigenvalue weighted by Crippen LogP contribution is -2.25. The molecule has 0 aliphatic carbocycles. The van der Waals surface area contributed by atoms with Crippen LogP contribution in [-0.4, -0.2) is 17.4 Å². The molecule has 0 bridgehead atoms. The maximum absolute atomic E-state index is 12.0. The summed E-state index contributed by atoms with van der Waals surface area (Å²) >= 11 is 5.96. The molecule has 0 atom stereocenters. The molecule has 5 heteroatoms. The summed E-state index contributed by atoms with van der Waals surface area (Å²) in [6.07, 6.45) is 4.85. The second kappa shape index (κ2) is 8.39. The molecule has 0 saturated carbocycles. The molecule has 0 unspecified atom stereocenters. The van der Waals surface area contributed by atoms with Gasteiger partial charge in [-0.15, -0.1) is 0 Å². The lowest BCUT2D eigenvalue weighted by atomic mass is 10.2. The van der Waals surface area contributed by atoms with Gasteiger partial charge in [-0.1, -0.05) is 37.4 Å². The Morgan fingerprint density at radius 1 is 1.18 bits per heavy atom. The topological polar surface area (TPSA) is 54.0 Å². The summed E-state index contributed by atoms with van der Waals surface area (Å²) in [4.78, 5) is 16.2. The highest BCUT2D eigenvalue weighted by molar-refractivity contribution is 6.30. The van der Waals surface area contributed by atoms with E-state index in [1.54, 1.807) is 12.3 Å². The summed E-state index contributed by atoms with van der Waals surface area (Å²) in [6.45, 7) is 2.81. The Kier molecular flexibility index (Phi) is 6.22. The van der Waals surface area contributed by atoms with Gasteiger partial charge in [-0.25, -0.2) is 0 Å². The predicted octanol–water partition coefficient (Wildman–Crippen LogP) is 4.40. The fourth-order valence-electron chi connectivity index (χ4n) is 2.03. The largest absolute Gasteiger partial charge is 0.355 e. The van der Waals surface area contributed by atoms with Gasteiger partial charge in [0.15, 0.2) is 0 Å². The normalized spacial score (nSPS) is 10.3. The Balaban J connectivity index is 1.98. The molecule has 0 radical (unpaired) electrons. The number of benzene rings is 1. The van der Waals surface area contributed by atoms with Crippen molar-refractivity contribution in [3.05, 3.63) is 53.3 Å². The molecule has 1 aromatic carbocycles. The fraction of sp³-hybridized carbons (Fsp3) is 0.294. The van der Waals surface area contributed by atoms with Crippen LogP contribution in [0.15, 0.2) is 42.6 Å². The van der Waals surface area contributed by atoms with Crippen LogP contribution in [0.3, 0.4) is 0 Å². The number of carbonyl (C=O) groups is 1. The van der Waals surface area contributed by atoms with E-state index in [0.717, 1.165) is 30.6 Å². The van der Waals surface area contributed by atoms with Crippen molar-refractivity contribution in [3.63, 3.8) is 0 Å². The Hall–Kier alpha value is -2.07. The Bertz CT molecular complexity index is 631. The van der Waals surface area contributed by atoms with Gasteiger partial charge in [0.1, 0.15) is 5.69 Å². The molecule has 0 fully saturated rings. The second-order valence-electron chi connectivity index (χ2n) is 5.03. The average Bonchev–Trinajstić information content (AvgIpc) is 2.52. The van der Waals surface area contributed by atoms with Crippen molar-refractivity contribution in [2.75, 3.05) is 11.9 Å². The molecule has 4 nitrogen and oxygen atoms in total. The number of aromatic nitrogens is 1. The number of carbonyl (C=O) groups excluding carboxylic acids is 1. The molecule has 2 rings (SSSR count). The van der Waals surface area contributed by atoms with E-state index in [2.05, 4.69) is 22.5 Å². The van der Waals surface area contributed by atoms with E-state index in [1.165, 1.54) is 0 Å². The first kappa shape index (κ1) is 16.3. The van der Waals surface area contributed by atoms with Gasteiger partial charge in [0.2, 0.25) is 0 Å². The summed E-state index contributed by atoms with van der Waals surface area (Å²) in [5, 5.41) is 6.76. The standard InChI is InChI=1S/C17H20ClN3O/c1-2-3-4-9-20-17(22)16-12-15(8-10-19-16)21-14-7-5-6-13(18)11-14/h5-8,10-12H,2-4,9H2,1H3,(H,19,21)(H,20,22). The lowest BCUT2D eigenvalue weighted by Gasteiger charge is -2.08. The van der Waals surface area contributed by atoms with Gasteiger partial charge in [0.05, 0.1) is 0 Å². The maximum atomic E-state index is 12.0. The molecule has 22 heavy (non-hydrogen) atoms.